The van der Waals surface area contributed by atoms with Gasteiger partial charge in [0.25, 0.3) is 0 Å². The Labute approximate surface area is 193 Å². The van der Waals surface area contributed by atoms with E-state index in [0.29, 0.717) is 16.8 Å². The number of aromatic nitrogens is 2. The van der Waals surface area contributed by atoms with Crippen LogP contribution in [0, 0.1) is 12.8 Å². The third-order valence-electron chi connectivity index (χ3n) is 5.51. The molecule has 0 saturated carbocycles. The second-order valence-corrected chi connectivity index (χ2v) is 8.89. The number of likely N-dealkylation sites (tertiary alicyclic amines) is 1. The molecule has 182 valence electrons. The number of nitrogens with zero attached hydrogens (tertiary/aromatic N) is 3. The van der Waals surface area contributed by atoms with Crippen LogP contribution in [0.4, 0.5) is 24.7 Å². The lowest BCUT2D eigenvalue weighted by molar-refractivity contribution is -0.137. The molecule has 1 aromatic heterocycles. The summed E-state index contributed by atoms with van der Waals surface area (Å²) in [6.45, 7) is 12.2. The molecule has 3 rings (SSSR count). The van der Waals surface area contributed by atoms with Crippen LogP contribution in [-0.2, 0) is 11.0 Å². The number of rotatable bonds is 4. The summed E-state index contributed by atoms with van der Waals surface area (Å²) in [5.74, 6) is -0.571. The second-order valence-electron chi connectivity index (χ2n) is 8.89. The van der Waals surface area contributed by atoms with Crippen molar-refractivity contribution in [2.24, 2.45) is 5.92 Å². The number of amides is 1. The largest absolute Gasteiger partial charge is 0.416 e. The van der Waals surface area contributed by atoms with Gasteiger partial charge >= 0.3 is 6.18 Å². The quantitative estimate of drug-likeness (QED) is 0.620. The molecule has 0 spiro atoms. The van der Waals surface area contributed by atoms with Crippen molar-refractivity contribution in [3.63, 3.8) is 0 Å². The average molecular weight is 466 g/mol. The number of hydrogen-bond acceptors (Lipinski definition) is 5. The first-order chi connectivity index (χ1) is 15.4. The number of nitrogens with two attached hydrogens (primary N) is 1. The van der Waals surface area contributed by atoms with Gasteiger partial charge in [-0.3, -0.25) is 4.79 Å². The number of nitrogen functional groups attached to an aromatic ring is 1. The van der Waals surface area contributed by atoms with E-state index in [1.54, 1.807) is 26.8 Å². The highest BCUT2D eigenvalue weighted by atomic mass is 19.4. The molecule has 1 aliphatic rings. The summed E-state index contributed by atoms with van der Waals surface area (Å²) in [5, 5.41) is 10.2. The molecule has 1 aromatic carbocycles. The van der Waals surface area contributed by atoms with Crippen LogP contribution < -0.4 is 11.1 Å². The molecule has 1 fully saturated rings. The minimum absolute atomic E-state index is 0.0331. The van der Waals surface area contributed by atoms with Crippen molar-refractivity contribution in [3.8, 4) is 11.3 Å². The molecule has 2 heterocycles. The molecular weight excluding hydrogens is 431 g/mol. The van der Waals surface area contributed by atoms with Crippen LogP contribution in [-0.4, -0.2) is 40.1 Å². The van der Waals surface area contributed by atoms with Crippen molar-refractivity contribution in [2.45, 2.75) is 66.1 Å². The Morgan fingerprint density at radius 2 is 1.70 bits per heavy atom. The third kappa shape index (κ3) is 7.70. The van der Waals surface area contributed by atoms with E-state index in [0.717, 1.165) is 18.2 Å². The molecule has 0 radical (unpaired) electrons. The van der Waals surface area contributed by atoms with Gasteiger partial charge < -0.3 is 16.0 Å². The minimum atomic E-state index is -4.52. The van der Waals surface area contributed by atoms with Crippen LogP contribution in [0.3, 0.4) is 0 Å². The summed E-state index contributed by atoms with van der Waals surface area (Å²) in [7, 11) is 0. The van der Waals surface area contributed by atoms with Gasteiger partial charge in [-0.2, -0.15) is 13.2 Å². The lowest BCUT2D eigenvalue weighted by atomic mass is 10.0. The summed E-state index contributed by atoms with van der Waals surface area (Å²) in [5.41, 5.74) is 6.08. The number of carbonyl (C=O) groups is 1. The fraction of sp³-hybridized carbons (Fsp3) is 0.542. The number of piperidine rings is 1. The van der Waals surface area contributed by atoms with Crippen LogP contribution in [0.5, 0.6) is 0 Å². The van der Waals surface area contributed by atoms with Crippen LogP contribution in [0.1, 0.15) is 58.1 Å². The zero-order chi connectivity index (χ0) is 24.8. The Morgan fingerprint density at radius 3 is 2.18 bits per heavy atom. The first kappa shape index (κ1) is 26.6. The molecular formula is C24H34F3N5O. The maximum absolute atomic E-state index is 13.0. The summed E-state index contributed by atoms with van der Waals surface area (Å²) in [6.07, 6.45) is -0.239. The van der Waals surface area contributed by atoms with Crippen LogP contribution in [0.25, 0.3) is 11.3 Å². The Morgan fingerprint density at radius 1 is 1.06 bits per heavy atom. The SMILES string of the molecule is CC(C)N1CCCCC1.Cc1cc(N)nnc1-c1ccc(C(F)(F)F)cc1NC(=O)C(C)C. The predicted octanol–water partition coefficient (Wildman–Crippen LogP) is 5.53. The van der Waals surface area contributed by atoms with E-state index >= 15 is 0 Å². The van der Waals surface area contributed by atoms with E-state index in [1.807, 2.05) is 0 Å². The highest BCUT2D eigenvalue weighted by Crippen LogP contribution is 2.36. The number of aryl methyl sites for hydroxylation is 1. The van der Waals surface area contributed by atoms with Gasteiger partial charge in [-0.05, 0) is 70.5 Å². The number of carbonyl (C=O) groups excluding carboxylic acids is 1. The predicted molar refractivity (Wildman–Crippen MR) is 126 cm³/mol. The van der Waals surface area contributed by atoms with Crippen LogP contribution in [0.15, 0.2) is 24.3 Å². The number of nitrogens with one attached hydrogen (secondary N) is 1. The van der Waals surface area contributed by atoms with E-state index in [9.17, 15) is 18.0 Å². The molecule has 0 bridgehead atoms. The molecule has 2 aromatic rings. The van der Waals surface area contributed by atoms with E-state index in [-0.39, 0.29) is 17.4 Å². The van der Waals surface area contributed by atoms with Crippen molar-refractivity contribution in [1.82, 2.24) is 15.1 Å². The molecule has 3 N–H and O–H groups in total. The smallest absolute Gasteiger partial charge is 0.382 e. The lowest BCUT2D eigenvalue weighted by Gasteiger charge is -2.29. The van der Waals surface area contributed by atoms with Gasteiger partial charge in [0.05, 0.1) is 16.9 Å². The van der Waals surface area contributed by atoms with Gasteiger partial charge in [-0.1, -0.05) is 26.3 Å². The Kier molecular flexibility index (Phi) is 9.22. The molecule has 1 amide bonds. The number of alkyl halides is 3. The van der Waals surface area contributed by atoms with Gasteiger partial charge in [0.1, 0.15) is 5.82 Å². The van der Waals surface area contributed by atoms with E-state index in [4.69, 9.17) is 5.73 Å². The molecule has 0 atom stereocenters. The first-order valence-electron chi connectivity index (χ1n) is 11.3. The van der Waals surface area contributed by atoms with Gasteiger partial charge in [0, 0.05) is 17.5 Å². The van der Waals surface area contributed by atoms with Gasteiger partial charge in [-0.15, -0.1) is 10.2 Å². The Bertz CT molecular complexity index is 938. The molecule has 33 heavy (non-hydrogen) atoms. The molecule has 0 unspecified atom stereocenters. The fourth-order valence-corrected chi connectivity index (χ4v) is 3.51. The maximum atomic E-state index is 13.0. The standard InChI is InChI=1S/C16H17F3N4O.C8H17N/c1-8(2)15(24)21-12-7-10(16(17,18)19)4-5-11(12)14-9(3)6-13(20)22-23-14;1-8(2)9-6-4-3-5-7-9/h4-8H,1-3H3,(H2,20,22)(H,21,24);8H,3-7H2,1-2H3. The summed E-state index contributed by atoms with van der Waals surface area (Å²) >= 11 is 0. The lowest BCUT2D eigenvalue weighted by Crippen LogP contribution is -2.35. The summed E-state index contributed by atoms with van der Waals surface area (Å²) in [4.78, 5) is 14.5. The van der Waals surface area contributed by atoms with E-state index in [1.165, 1.54) is 38.4 Å². The molecule has 6 nitrogen and oxygen atoms in total. The second kappa shape index (κ2) is 11.4. The number of halogens is 3. The average Bonchev–Trinajstić information content (AvgIpc) is 2.74. The zero-order valence-corrected chi connectivity index (χ0v) is 20.0. The van der Waals surface area contributed by atoms with Crippen molar-refractivity contribution in [3.05, 3.63) is 35.4 Å². The van der Waals surface area contributed by atoms with Crippen LogP contribution >= 0.6 is 0 Å². The van der Waals surface area contributed by atoms with Crippen LogP contribution in [0.2, 0.25) is 0 Å². The number of anilines is 2. The highest BCUT2D eigenvalue weighted by Gasteiger charge is 2.31. The molecule has 1 saturated heterocycles. The monoisotopic (exact) mass is 465 g/mol. The summed E-state index contributed by atoms with van der Waals surface area (Å²) < 4.78 is 38.9. The third-order valence-corrected chi connectivity index (χ3v) is 5.51. The first-order valence-corrected chi connectivity index (χ1v) is 11.3. The Hall–Kier alpha value is -2.68. The summed E-state index contributed by atoms with van der Waals surface area (Å²) in [6, 6.07) is 5.44. The number of hydrogen-bond donors (Lipinski definition) is 2. The van der Waals surface area contributed by atoms with Gasteiger partial charge in [-0.25, -0.2) is 0 Å². The van der Waals surface area contributed by atoms with Crippen molar-refractivity contribution < 1.29 is 18.0 Å². The molecule has 0 aliphatic carbocycles. The van der Waals surface area contributed by atoms with Crippen molar-refractivity contribution in [2.75, 3.05) is 24.1 Å². The molecule has 1 aliphatic heterocycles. The minimum Gasteiger partial charge on any atom is -0.382 e. The fourth-order valence-electron chi connectivity index (χ4n) is 3.51. The van der Waals surface area contributed by atoms with Gasteiger partial charge in [0.2, 0.25) is 5.91 Å². The van der Waals surface area contributed by atoms with E-state index in [2.05, 4.69) is 34.3 Å². The topological polar surface area (TPSA) is 84.1 Å². The highest BCUT2D eigenvalue weighted by molar-refractivity contribution is 5.96. The van der Waals surface area contributed by atoms with E-state index < -0.39 is 17.6 Å². The van der Waals surface area contributed by atoms with Gasteiger partial charge in [0.15, 0.2) is 0 Å². The molecule has 9 heteroatoms. The van der Waals surface area contributed by atoms with Crippen molar-refractivity contribution in [1.29, 1.82) is 0 Å². The zero-order valence-electron chi connectivity index (χ0n) is 20.0. The Balaban J connectivity index is 0.000000357. The normalized spacial score (nSPS) is 14.7. The maximum Gasteiger partial charge on any atom is 0.416 e. The van der Waals surface area contributed by atoms with Crippen molar-refractivity contribution >= 4 is 17.4 Å². The number of benzene rings is 1.